The minimum absolute atomic E-state index is 0.0761. The summed E-state index contributed by atoms with van der Waals surface area (Å²) in [6, 6.07) is -4.07. The number of aliphatic carboxylic acids is 4. The molecule has 0 radical (unpaired) electrons. The van der Waals surface area contributed by atoms with Crippen molar-refractivity contribution in [3.05, 3.63) is 0 Å². The van der Waals surface area contributed by atoms with Gasteiger partial charge in [-0.25, -0.2) is 9.59 Å². The minimum atomic E-state index is -1.54. The number of rotatable bonds is 56. The van der Waals surface area contributed by atoms with Crippen LogP contribution < -0.4 is 37.2 Å². The second-order valence-corrected chi connectivity index (χ2v) is 19.6. The Hall–Kier alpha value is -5.83. The molecule has 0 aromatic carbocycles. The molecule has 0 bridgehead atoms. The zero-order valence-corrected chi connectivity index (χ0v) is 47.4. The lowest BCUT2D eigenvalue weighted by molar-refractivity contribution is -0.143. The molecular formula is C54H95N7O19. The number of amides is 6. The largest absolute Gasteiger partial charge is 0.481 e. The summed E-state index contributed by atoms with van der Waals surface area (Å²) in [6.45, 7) is 2.92. The van der Waals surface area contributed by atoms with Gasteiger partial charge in [0.1, 0.15) is 31.1 Å². The van der Waals surface area contributed by atoms with Gasteiger partial charge in [-0.1, -0.05) is 77.0 Å². The number of ketones is 1. The highest BCUT2D eigenvalue weighted by Crippen LogP contribution is 2.15. The van der Waals surface area contributed by atoms with Crippen LogP contribution in [0.25, 0.3) is 0 Å². The van der Waals surface area contributed by atoms with Gasteiger partial charge in [0.05, 0.1) is 52.1 Å². The molecule has 0 aliphatic rings. The summed E-state index contributed by atoms with van der Waals surface area (Å²) in [5, 5.41) is 55.5. The molecule has 4 atom stereocenters. The van der Waals surface area contributed by atoms with Gasteiger partial charge in [-0.15, -0.1) is 0 Å². The minimum Gasteiger partial charge on any atom is -0.481 e. The number of hydrogen-bond acceptors (Lipinski definition) is 16. The Labute approximate surface area is 470 Å². The number of hydrogen-bond donors (Lipinski definition) is 11. The van der Waals surface area contributed by atoms with Gasteiger partial charge in [0.15, 0.2) is 0 Å². The van der Waals surface area contributed by atoms with Gasteiger partial charge in [-0.2, -0.15) is 0 Å². The van der Waals surface area contributed by atoms with E-state index >= 15 is 0 Å². The van der Waals surface area contributed by atoms with Crippen LogP contribution in [0.15, 0.2) is 0 Å². The highest BCUT2D eigenvalue weighted by molar-refractivity contribution is 5.87. The van der Waals surface area contributed by atoms with Crippen molar-refractivity contribution >= 4 is 65.1 Å². The highest BCUT2D eigenvalue weighted by atomic mass is 16.5. The van der Waals surface area contributed by atoms with Crippen LogP contribution in [0, 0.1) is 0 Å². The fraction of sp³-hybridized carbons (Fsp3) is 0.796. The van der Waals surface area contributed by atoms with Crippen LogP contribution in [0.4, 0.5) is 0 Å². The molecule has 4 unspecified atom stereocenters. The molecule has 26 nitrogen and oxygen atoms in total. The van der Waals surface area contributed by atoms with Crippen LogP contribution in [0.3, 0.4) is 0 Å². The normalized spacial score (nSPS) is 12.5. The summed E-state index contributed by atoms with van der Waals surface area (Å²) in [4.78, 5) is 131. The van der Waals surface area contributed by atoms with E-state index in [1.54, 1.807) is 14.0 Å². The number of ether oxygens (including phenoxy) is 4. The van der Waals surface area contributed by atoms with Gasteiger partial charge in [0.25, 0.3) is 0 Å². The van der Waals surface area contributed by atoms with Crippen LogP contribution in [0.1, 0.15) is 174 Å². The molecule has 26 heteroatoms. The Bertz CT molecular complexity index is 1810. The lowest BCUT2D eigenvalue weighted by atomic mass is 10.0. The number of carbonyl (C=O) groups is 11. The van der Waals surface area contributed by atoms with E-state index in [-0.39, 0.29) is 134 Å². The lowest BCUT2D eigenvalue weighted by Gasteiger charge is -2.19. The maximum absolute atomic E-state index is 12.7. The maximum Gasteiger partial charge on any atom is 0.326 e. The van der Waals surface area contributed by atoms with E-state index in [1.165, 1.54) is 25.7 Å². The van der Waals surface area contributed by atoms with Crippen molar-refractivity contribution in [1.29, 1.82) is 0 Å². The first-order chi connectivity index (χ1) is 38.3. The number of likely N-dealkylation sites (N-methyl/N-ethyl adjacent to an activating group) is 1. The third kappa shape index (κ3) is 47.0. The first kappa shape index (κ1) is 74.2. The van der Waals surface area contributed by atoms with Gasteiger partial charge < -0.3 is 76.6 Å². The summed E-state index contributed by atoms with van der Waals surface area (Å²) in [5.74, 6) is -7.83. The molecule has 0 aliphatic heterocycles. The van der Waals surface area contributed by atoms with E-state index in [0.717, 1.165) is 70.6 Å². The van der Waals surface area contributed by atoms with Gasteiger partial charge in [-0.3, -0.25) is 43.2 Å². The highest BCUT2D eigenvalue weighted by Gasteiger charge is 2.26. The number of carboxylic acid groups (broad SMARTS) is 4. The SMILES string of the molecule is CNC(CCCCNC(=O)COCCOCCNC(=O)COCCOCCNC(=O)CCC(NC(=O)CCC(NC(=O)CCC(CC(=O)O)NC(=O)CCCCCCCCCCCCCCCCC(=O)O)C(=O)O)C(=O)O)C(C)=O. The zero-order chi connectivity index (χ0) is 59.6. The predicted molar refractivity (Wildman–Crippen MR) is 292 cm³/mol. The molecule has 460 valence electrons. The van der Waals surface area contributed by atoms with Crippen molar-refractivity contribution in [2.24, 2.45) is 0 Å². The fourth-order valence-electron chi connectivity index (χ4n) is 8.06. The summed E-state index contributed by atoms with van der Waals surface area (Å²) in [7, 11) is 1.74. The Morgan fingerprint density at radius 1 is 0.362 bits per heavy atom. The van der Waals surface area contributed by atoms with E-state index in [1.807, 2.05) is 0 Å². The Morgan fingerprint density at radius 3 is 1.20 bits per heavy atom. The number of nitrogens with one attached hydrogen (secondary N) is 7. The Kier molecular flexibility index (Phi) is 46.5. The summed E-state index contributed by atoms with van der Waals surface area (Å²) in [6.07, 6.45) is 14.7. The number of Topliss-reactive ketones (excluding diaryl/α,β-unsaturated/α-hetero) is 1. The second-order valence-electron chi connectivity index (χ2n) is 19.6. The molecule has 0 aliphatic carbocycles. The molecule has 0 heterocycles. The topological polar surface area (TPSA) is 390 Å². The smallest absolute Gasteiger partial charge is 0.326 e. The van der Waals surface area contributed by atoms with Crippen molar-refractivity contribution in [3.8, 4) is 0 Å². The quantitative estimate of drug-likeness (QED) is 0.0390. The average molecular weight is 1150 g/mol. The fourth-order valence-corrected chi connectivity index (χ4v) is 8.06. The van der Waals surface area contributed by atoms with E-state index in [9.17, 15) is 68.1 Å². The van der Waals surface area contributed by atoms with Gasteiger partial charge in [-0.05, 0) is 65.3 Å². The molecule has 0 saturated heterocycles. The van der Waals surface area contributed by atoms with Crippen molar-refractivity contribution in [2.75, 3.05) is 79.5 Å². The monoisotopic (exact) mass is 1150 g/mol. The third-order valence-corrected chi connectivity index (χ3v) is 12.6. The van der Waals surface area contributed by atoms with Crippen LogP contribution in [0.2, 0.25) is 0 Å². The van der Waals surface area contributed by atoms with Gasteiger partial charge in [0.2, 0.25) is 35.4 Å². The Balaban J connectivity index is 4.20. The van der Waals surface area contributed by atoms with E-state index < -0.39 is 79.0 Å². The van der Waals surface area contributed by atoms with Crippen LogP contribution >= 0.6 is 0 Å². The summed E-state index contributed by atoms with van der Waals surface area (Å²) < 4.78 is 21.3. The van der Waals surface area contributed by atoms with Gasteiger partial charge in [0, 0.05) is 57.8 Å². The van der Waals surface area contributed by atoms with E-state index in [0.29, 0.717) is 19.4 Å². The number of carbonyl (C=O) groups excluding carboxylic acids is 7. The van der Waals surface area contributed by atoms with Crippen LogP contribution in [-0.2, 0) is 71.7 Å². The van der Waals surface area contributed by atoms with E-state index in [2.05, 4.69) is 37.2 Å². The average Bonchev–Trinajstić information content (AvgIpc) is 3.39. The molecule has 0 spiro atoms. The summed E-state index contributed by atoms with van der Waals surface area (Å²) >= 11 is 0. The third-order valence-electron chi connectivity index (χ3n) is 12.6. The van der Waals surface area contributed by atoms with Crippen LogP contribution in [-0.4, -0.2) is 189 Å². The zero-order valence-electron chi connectivity index (χ0n) is 47.4. The number of unbranched alkanes of at least 4 members (excludes halogenated alkanes) is 14. The van der Waals surface area contributed by atoms with Crippen LogP contribution in [0.5, 0.6) is 0 Å². The molecule has 0 fully saturated rings. The molecule has 0 rings (SSSR count). The van der Waals surface area contributed by atoms with Crippen molar-refractivity contribution < 1.29 is 92.1 Å². The van der Waals surface area contributed by atoms with Crippen molar-refractivity contribution in [2.45, 2.75) is 198 Å². The predicted octanol–water partition coefficient (Wildman–Crippen LogP) is 2.51. The molecular weight excluding hydrogens is 1050 g/mol. The molecule has 11 N–H and O–H groups in total. The molecule has 0 aromatic heterocycles. The molecule has 6 amide bonds. The Morgan fingerprint density at radius 2 is 0.762 bits per heavy atom. The second kappa shape index (κ2) is 50.2. The lowest BCUT2D eigenvalue weighted by Crippen LogP contribution is -2.44. The molecule has 0 saturated carbocycles. The van der Waals surface area contributed by atoms with Crippen molar-refractivity contribution in [3.63, 3.8) is 0 Å². The number of carboxylic acids is 4. The van der Waals surface area contributed by atoms with Gasteiger partial charge >= 0.3 is 23.9 Å². The molecule has 0 aromatic rings. The van der Waals surface area contributed by atoms with Crippen molar-refractivity contribution in [1.82, 2.24) is 37.2 Å². The first-order valence-corrected chi connectivity index (χ1v) is 28.4. The standard InChI is InChI=1S/C54H95N7O19/c1-40(62)42(55-2)19-17-18-28-56-49(67)38-79-35-34-78-32-30-58-50(68)39-80-36-33-77-31-29-57-45(63)26-23-43(53(73)74)61-48(66)27-24-44(54(75)76)60-47(65)25-22-41(37-52(71)72)59-46(64)20-15-13-11-9-7-5-3-4-6-8-10-12-14-16-21-51(69)70/h41-44,55H,3-39H2,1-2H3,(H,56,67)(H,57,63)(H,58,68)(H,59,64)(H,60,65)(H,61,66)(H,69,70)(H,71,72)(H,73,74)(H,75,76). The first-order valence-electron chi connectivity index (χ1n) is 28.4. The molecule has 80 heavy (non-hydrogen) atoms. The maximum atomic E-state index is 12.7. The van der Waals surface area contributed by atoms with E-state index in [4.69, 9.17) is 24.1 Å². The summed E-state index contributed by atoms with van der Waals surface area (Å²) in [5.41, 5.74) is 0.